The number of ether oxygens (including phenoxy) is 1. The molecule has 6 nitrogen and oxygen atoms in total. The van der Waals surface area contributed by atoms with Gasteiger partial charge in [-0.15, -0.1) is 17.0 Å². The Balaban J connectivity index is 0.00000280. The van der Waals surface area contributed by atoms with Gasteiger partial charge in [0.15, 0.2) is 12.4 Å². The van der Waals surface area contributed by atoms with Crippen molar-refractivity contribution in [2.75, 3.05) is 7.11 Å². The molecule has 7 heteroatoms. The van der Waals surface area contributed by atoms with Gasteiger partial charge in [-0.3, -0.25) is 14.9 Å². The summed E-state index contributed by atoms with van der Waals surface area (Å²) in [4.78, 5) is 22.7. The van der Waals surface area contributed by atoms with Gasteiger partial charge in [-0.1, -0.05) is 24.3 Å². The third-order valence-electron chi connectivity index (χ3n) is 4.23. The minimum atomic E-state index is -0.408. The molecule has 0 atom stereocenters. The second-order valence-electron chi connectivity index (χ2n) is 6.13. The smallest absolute Gasteiger partial charge is 0.269 e. The first-order chi connectivity index (χ1) is 13.0. The molecule has 0 fully saturated rings. The number of nitro groups is 1. The van der Waals surface area contributed by atoms with Crippen molar-refractivity contribution in [1.82, 2.24) is 0 Å². The Hall–Kier alpha value is -3.06. The molecule has 0 saturated carbocycles. The molecule has 0 unspecified atom stereocenters. The number of rotatable bonds is 7. The predicted molar refractivity (Wildman–Crippen MR) is 110 cm³/mol. The zero-order valence-electron chi connectivity index (χ0n) is 15.3. The molecule has 0 aliphatic rings. The molecule has 3 aromatic rings. The van der Waals surface area contributed by atoms with Crippen LogP contribution < -0.4 is 9.30 Å². The third kappa shape index (κ3) is 5.47. The van der Waals surface area contributed by atoms with E-state index in [0.29, 0.717) is 17.7 Å². The summed E-state index contributed by atoms with van der Waals surface area (Å²) < 4.78 is 6.97. The number of hydrogen-bond acceptors (Lipinski definition) is 4. The van der Waals surface area contributed by atoms with Crippen LogP contribution in [0.2, 0.25) is 0 Å². The minimum Gasteiger partial charge on any atom is -0.497 e. The maximum Gasteiger partial charge on any atom is 0.269 e. The van der Waals surface area contributed by atoms with E-state index in [1.54, 1.807) is 43.5 Å². The highest BCUT2D eigenvalue weighted by atomic mass is 79.9. The van der Waals surface area contributed by atoms with Crippen molar-refractivity contribution in [3.8, 4) is 5.75 Å². The first-order valence-electron chi connectivity index (χ1n) is 8.44. The van der Waals surface area contributed by atoms with Gasteiger partial charge in [-0.2, -0.15) is 4.57 Å². The van der Waals surface area contributed by atoms with Crippen molar-refractivity contribution in [3.05, 3.63) is 99.9 Å². The Kier molecular flexibility index (Phi) is 7.40. The van der Waals surface area contributed by atoms with Crippen LogP contribution in [0.1, 0.15) is 21.5 Å². The molecule has 3 rings (SSSR count). The third-order valence-corrected chi connectivity index (χ3v) is 4.23. The maximum absolute atomic E-state index is 12.4. The van der Waals surface area contributed by atoms with Crippen molar-refractivity contribution in [2.45, 2.75) is 13.0 Å². The number of Topliss-reactive ketones (excluding diaryl/α,β-unsaturated/α-hetero) is 1. The van der Waals surface area contributed by atoms with Gasteiger partial charge in [-0.05, 0) is 29.7 Å². The SMILES string of the molecule is Br.COc1cccc(C(=O)C[n+]2ccc(Cc3ccc([N+](=O)[O-])cc3)cc2)c1. The van der Waals surface area contributed by atoms with Crippen LogP contribution in [-0.4, -0.2) is 17.8 Å². The summed E-state index contributed by atoms with van der Waals surface area (Å²) in [6.07, 6.45) is 4.39. The minimum absolute atomic E-state index is 0. The van der Waals surface area contributed by atoms with Crippen molar-refractivity contribution >= 4 is 28.5 Å². The van der Waals surface area contributed by atoms with Crippen molar-refractivity contribution < 1.29 is 19.0 Å². The molecule has 28 heavy (non-hydrogen) atoms. The van der Waals surface area contributed by atoms with Crippen LogP contribution in [0.4, 0.5) is 5.69 Å². The van der Waals surface area contributed by atoms with Crippen molar-refractivity contribution in [3.63, 3.8) is 0 Å². The molecule has 1 aromatic heterocycles. The number of nitrogens with zero attached hydrogens (tertiary/aromatic N) is 2. The van der Waals surface area contributed by atoms with Crippen LogP contribution in [0, 0.1) is 10.1 Å². The van der Waals surface area contributed by atoms with Gasteiger partial charge in [0, 0.05) is 29.8 Å². The number of non-ortho nitro benzene ring substituents is 1. The zero-order chi connectivity index (χ0) is 19.2. The van der Waals surface area contributed by atoms with Crippen LogP contribution in [0.25, 0.3) is 0 Å². The van der Waals surface area contributed by atoms with E-state index in [9.17, 15) is 14.9 Å². The summed E-state index contributed by atoms with van der Waals surface area (Å²) in [7, 11) is 1.57. The fourth-order valence-electron chi connectivity index (χ4n) is 2.74. The van der Waals surface area contributed by atoms with Crippen molar-refractivity contribution in [2.24, 2.45) is 0 Å². The first-order valence-corrected chi connectivity index (χ1v) is 8.44. The van der Waals surface area contributed by atoms with Gasteiger partial charge in [0.1, 0.15) is 5.75 Å². The van der Waals surface area contributed by atoms with Crippen LogP contribution in [-0.2, 0) is 13.0 Å². The fourth-order valence-corrected chi connectivity index (χ4v) is 2.74. The van der Waals surface area contributed by atoms with E-state index in [-0.39, 0.29) is 35.0 Å². The highest BCUT2D eigenvalue weighted by Gasteiger charge is 2.13. The zero-order valence-corrected chi connectivity index (χ0v) is 17.0. The topological polar surface area (TPSA) is 73.3 Å². The number of nitro benzene ring substituents is 1. The Labute approximate surface area is 173 Å². The highest BCUT2D eigenvalue weighted by Crippen LogP contribution is 2.15. The first kappa shape index (κ1) is 21.2. The van der Waals surface area contributed by atoms with Gasteiger partial charge >= 0.3 is 0 Å². The number of hydrogen-bond donors (Lipinski definition) is 0. The number of aromatic nitrogens is 1. The quantitative estimate of drug-likeness (QED) is 0.240. The number of carbonyl (C=O) groups is 1. The van der Waals surface area contributed by atoms with E-state index in [2.05, 4.69) is 0 Å². The Morgan fingerprint density at radius 2 is 1.68 bits per heavy atom. The molecule has 144 valence electrons. The van der Waals surface area contributed by atoms with E-state index in [1.165, 1.54) is 12.1 Å². The predicted octanol–water partition coefficient (Wildman–Crippen LogP) is 3.94. The monoisotopic (exact) mass is 443 g/mol. The lowest BCUT2D eigenvalue weighted by Crippen LogP contribution is -2.37. The summed E-state index contributed by atoms with van der Waals surface area (Å²) in [6, 6.07) is 17.5. The molecule has 0 amide bonds. The Morgan fingerprint density at radius 3 is 2.29 bits per heavy atom. The van der Waals surface area contributed by atoms with Gasteiger partial charge in [0.25, 0.3) is 5.69 Å². The summed E-state index contributed by atoms with van der Waals surface area (Å²) >= 11 is 0. The van der Waals surface area contributed by atoms with E-state index < -0.39 is 4.92 Å². The highest BCUT2D eigenvalue weighted by molar-refractivity contribution is 8.93. The molecule has 1 heterocycles. The summed E-state index contributed by atoms with van der Waals surface area (Å²) in [5.41, 5.74) is 2.75. The number of benzene rings is 2. The molecule has 0 bridgehead atoms. The number of ketones is 1. The maximum atomic E-state index is 12.4. The Morgan fingerprint density at radius 1 is 1.04 bits per heavy atom. The van der Waals surface area contributed by atoms with E-state index in [1.807, 2.05) is 29.1 Å². The van der Waals surface area contributed by atoms with Crippen LogP contribution in [0.3, 0.4) is 0 Å². The molecule has 0 aliphatic heterocycles. The molecular formula is C21H20BrN2O4+. The average Bonchev–Trinajstić information content (AvgIpc) is 2.70. The van der Waals surface area contributed by atoms with Crippen molar-refractivity contribution in [1.29, 1.82) is 0 Å². The van der Waals surface area contributed by atoms with Crippen LogP contribution in [0.5, 0.6) is 5.75 Å². The molecule has 0 N–H and O–H groups in total. The van der Waals surface area contributed by atoms with Gasteiger partial charge in [-0.25, -0.2) is 0 Å². The standard InChI is InChI=1S/C21H19N2O4.BrH/c1-27-20-4-2-3-18(14-20)21(24)15-22-11-9-17(10-12-22)13-16-5-7-19(8-6-16)23(25)26;/h2-12,14H,13,15H2,1H3;1H/q+1;. The molecule has 0 aliphatic carbocycles. The molecule has 0 radical (unpaired) electrons. The average molecular weight is 444 g/mol. The summed E-state index contributed by atoms with van der Waals surface area (Å²) in [6.45, 7) is 0.241. The number of methoxy groups -OCH3 is 1. The lowest BCUT2D eigenvalue weighted by molar-refractivity contribution is -0.683. The molecule has 0 saturated heterocycles. The lowest BCUT2D eigenvalue weighted by atomic mass is 10.1. The normalized spacial score (nSPS) is 10.0. The van der Waals surface area contributed by atoms with Crippen LogP contribution >= 0.6 is 17.0 Å². The Bertz CT molecular complexity index is 957. The molecule has 2 aromatic carbocycles. The van der Waals surface area contributed by atoms with E-state index in [4.69, 9.17) is 4.74 Å². The van der Waals surface area contributed by atoms with E-state index >= 15 is 0 Å². The molecule has 0 spiro atoms. The van der Waals surface area contributed by atoms with Gasteiger partial charge in [0.05, 0.1) is 12.0 Å². The number of halogens is 1. The number of pyridine rings is 1. The van der Waals surface area contributed by atoms with Gasteiger partial charge in [0.2, 0.25) is 12.3 Å². The van der Waals surface area contributed by atoms with Crippen LogP contribution in [0.15, 0.2) is 73.1 Å². The summed E-state index contributed by atoms with van der Waals surface area (Å²) in [5, 5.41) is 10.7. The largest absolute Gasteiger partial charge is 0.497 e. The number of carbonyl (C=O) groups excluding carboxylic acids is 1. The van der Waals surface area contributed by atoms with Gasteiger partial charge < -0.3 is 4.74 Å². The fraction of sp³-hybridized carbons (Fsp3) is 0.143. The second kappa shape index (κ2) is 9.75. The van der Waals surface area contributed by atoms with E-state index in [0.717, 1.165) is 11.1 Å². The molecular weight excluding hydrogens is 424 g/mol. The summed E-state index contributed by atoms with van der Waals surface area (Å²) in [5.74, 6) is 0.659. The second-order valence-corrected chi connectivity index (χ2v) is 6.13. The lowest BCUT2D eigenvalue weighted by Gasteiger charge is -2.03.